The summed E-state index contributed by atoms with van der Waals surface area (Å²) in [5.41, 5.74) is -0.186. The zero-order valence-corrected chi connectivity index (χ0v) is 15.7. The van der Waals surface area contributed by atoms with E-state index in [1.54, 1.807) is 0 Å². The van der Waals surface area contributed by atoms with E-state index in [0.29, 0.717) is 4.90 Å². The van der Waals surface area contributed by atoms with Crippen LogP contribution in [-0.4, -0.2) is 37.8 Å². The van der Waals surface area contributed by atoms with Crippen LogP contribution in [0.3, 0.4) is 0 Å². The number of hydrogen-bond donors (Lipinski definition) is 1. The van der Waals surface area contributed by atoms with Gasteiger partial charge >= 0.3 is 12.3 Å². The van der Waals surface area contributed by atoms with Crippen LogP contribution in [0.15, 0.2) is 47.5 Å². The monoisotopic (exact) mass is 435 g/mol. The van der Waals surface area contributed by atoms with Gasteiger partial charge in [-0.3, -0.25) is 9.62 Å². The number of carbonyl (C=O) groups is 1. The Bertz CT molecular complexity index is 1020. The van der Waals surface area contributed by atoms with Crippen molar-refractivity contribution in [3.05, 3.63) is 47.6 Å². The third-order valence-electron chi connectivity index (χ3n) is 3.96. The van der Waals surface area contributed by atoms with E-state index in [0.717, 1.165) is 6.92 Å². The molecular weight excluding hydrogens is 423 g/mol. The lowest BCUT2D eigenvalue weighted by atomic mass is 10.1. The van der Waals surface area contributed by atoms with Crippen LogP contribution in [0.25, 0.3) is 0 Å². The minimum absolute atomic E-state index is 0.167. The predicted octanol–water partition coefficient (Wildman–Crippen LogP) is 3.81. The van der Waals surface area contributed by atoms with Crippen LogP contribution in [0.4, 0.5) is 29.5 Å². The number of pyridine rings is 1. The number of carbonyl (C=O) groups excluding carboxylic acids is 1. The number of amides is 1. The average molecular weight is 436 g/mol. The van der Waals surface area contributed by atoms with Crippen LogP contribution in [-0.2, 0) is 14.8 Å². The molecule has 1 aliphatic heterocycles. The van der Waals surface area contributed by atoms with Gasteiger partial charge < -0.3 is 4.74 Å². The first-order valence-corrected chi connectivity index (χ1v) is 9.67. The minimum atomic E-state index is -4.78. The summed E-state index contributed by atoms with van der Waals surface area (Å²) in [6.45, 7) is 1.13. The molecule has 28 heavy (non-hydrogen) atoms. The quantitative estimate of drug-likeness (QED) is 0.788. The van der Waals surface area contributed by atoms with Crippen molar-refractivity contribution in [1.29, 1.82) is 0 Å². The molecule has 150 valence electrons. The molecule has 0 unspecified atom stereocenters. The molecule has 2 heterocycles. The Balaban J connectivity index is 1.97. The molecule has 7 nitrogen and oxygen atoms in total. The number of nitrogens with zero attached hydrogens (tertiary/aromatic N) is 2. The molecule has 1 aromatic heterocycles. The smallest absolute Gasteiger partial charge is 0.427 e. The molecule has 3 rings (SSSR count). The average Bonchev–Trinajstić information content (AvgIpc) is 2.90. The number of aromatic nitrogens is 1. The first kappa shape index (κ1) is 20.2. The first-order chi connectivity index (χ1) is 13.0. The number of hydrogen-bond acceptors (Lipinski definition) is 5. The number of sulfonamides is 1. The largest absolute Gasteiger partial charge is 0.434 e. The summed E-state index contributed by atoms with van der Waals surface area (Å²) < 4.78 is 71.0. The Kier molecular flexibility index (Phi) is 5.15. The lowest BCUT2D eigenvalue weighted by molar-refractivity contribution is -0.198. The Morgan fingerprint density at radius 3 is 2.57 bits per heavy atom. The van der Waals surface area contributed by atoms with E-state index in [-0.39, 0.29) is 21.4 Å². The normalized spacial score (nSPS) is 20.2. The summed E-state index contributed by atoms with van der Waals surface area (Å²) in [5.74, 6) is -0.308. The van der Waals surface area contributed by atoms with Gasteiger partial charge in [-0.05, 0) is 37.3 Å². The van der Waals surface area contributed by atoms with Gasteiger partial charge in [-0.15, -0.1) is 0 Å². The van der Waals surface area contributed by atoms with Crippen molar-refractivity contribution >= 4 is 39.2 Å². The third kappa shape index (κ3) is 3.85. The molecule has 0 radical (unpaired) electrons. The van der Waals surface area contributed by atoms with E-state index in [4.69, 9.17) is 11.6 Å². The molecule has 0 bridgehead atoms. The Hall–Kier alpha value is -2.53. The van der Waals surface area contributed by atoms with Crippen LogP contribution >= 0.6 is 11.6 Å². The lowest BCUT2D eigenvalue weighted by Gasteiger charge is -2.23. The summed E-state index contributed by atoms with van der Waals surface area (Å²) in [4.78, 5) is 16.4. The number of benzene rings is 1. The zero-order chi connectivity index (χ0) is 20.7. The van der Waals surface area contributed by atoms with Crippen LogP contribution in [0, 0.1) is 0 Å². The topological polar surface area (TPSA) is 88.6 Å². The van der Waals surface area contributed by atoms with Crippen LogP contribution in [0.2, 0.25) is 5.02 Å². The summed E-state index contributed by atoms with van der Waals surface area (Å²) in [7, 11) is -4.14. The second kappa shape index (κ2) is 7.13. The van der Waals surface area contributed by atoms with Crippen molar-refractivity contribution in [3.8, 4) is 0 Å². The highest BCUT2D eigenvalue weighted by Gasteiger charge is 2.55. The molecule has 0 spiro atoms. The highest BCUT2D eigenvalue weighted by molar-refractivity contribution is 7.92. The molecule has 0 aliphatic carbocycles. The number of anilines is 2. The molecule has 1 aromatic carbocycles. The molecule has 1 aliphatic rings. The molecule has 1 saturated heterocycles. The molecular formula is C16H13ClF3N3O4S. The van der Waals surface area contributed by atoms with Crippen molar-refractivity contribution in [1.82, 2.24) is 4.98 Å². The van der Waals surface area contributed by atoms with Gasteiger partial charge in [-0.2, -0.15) is 13.2 Å². The van der Waals surface area contributed by atoms with Crippen molar-refractivity contribution < 1.29 is 31.1 Å². The van der Waals surface area contributed by atoms with E-state index >= 15 is 0 Å². The maximum absolute atomic E-state index is 13.1. The van der Waals surface area contributed by atoms with Crippen LogP contribution < -0.4 is 9.62 Å². The number of rotatable bonds is 4. The predicted molar refractivity (Wildman–Crippen MR) is 94.8 cm³/mol. The molecule has 12 heteroatoms. The van der Waals surface area contributed by atoms with Gasteiger partial charge in [0.1, 0.15) is 0 Å². The summed E-state index contributed by atoms with van der Waals surface area (Å²) in [6.07, 6.45) is -7.21. The van der Waals surface area contributed by atoms with E-state index in [2.05, 4.69) is 14.4 Å². The second-order valence-corrected chi connectivity index (χ2v) is 8.01. The van der Waals surface area contributed by atoms with E-state index in [9.17, 15) is 26.4 Å². The summed E-state index contributed by atoms with van der Waals surface area (Å²) >= 11 is 5.81. The fourth-order valence-corrected chi connectivity index (χ4v) is 4.05. The lowest BCUT2D eigenvalue weighted by Crippen LogP contribution is -2.41. The van der Waals surface area contributed by atoms with E-state index < -0.39 is 34.4 Å². The fraction of sp³-hybridized carbons (Fsp3) is 0.250. The first-order valence-electron chi connectivity index (χ1n) is 7.80. The molecule has 1 amide bonds. The van der Waals surface area contributed by atoms with Crippen molar-refractivity contribution in [2.45, 2.75) is 30.1 Å². The number of ether oxygens (including phenoxy) is 1. The van der Waals surface area contributed by atoms with Crippen molar-refractivity contribution in [3.63, 3.8) is 0 Å². The maximum Gasteiger partial charge on any atom is 0.427 e. The molecule has 2 atom stereocenters. The fourth-order valence-electron chi connectivity index (χ4n) is 2.69. The number of alkyl halides is 3. The second-order valence-electron chi connectivity index (χ2n) is 5.89. The zero-order valence-electron chi connectivity index (χ0n) is 14.1. The molecule has 1 N–H and O–H groups in total. The van der Waals surface area contributed by atoms with Crippen LogP contribution in [0.1, 0.15) is 6.92 Å². The van der Waals surface area contributed by atoms with E-state index in [1.165, 1.54) is 42.6 Å². The van der Waals surface area contributed by atoms with Gasteiger partial charge in [0.25, 0.3) is 10.0 Å². The number of halogens is 4. The number of nitrogens with one attached hydrogen (secondary N) is 1. The van der Waals surface area contributed by atoms with Crippen molar-refractivity contribution in [2.24, 2.45) is 0 Å². The Labute approximate surface area is 163 Å². The van der Waals surface area contributed by atoms with Crippen molar-refractivity contribution in [2.75, 3.05) is 9.62 Å². The summed E-state index contributed by atoms with van der Waals surface area (Å²) in [5, 5.41) is 0.180. The Morgan fingerprint density at radius 2 is 1.96 bits per heavy atom. The van der Waals surface area contributed by atoms with Gasteiger partial charge in [0, 0.05) is 11.2 Å². The molecule has 2 aromatic rings. The molecule has 1 fully saturated rings. The summed E-state index contributed by atoms with van der Waals surface area (Å²) in [6, 6.07) is 6.59. The van der Waals surface area contributed by atoms with Gasteiger partial charge in [0.2, 0.25) is 6.10 Å². The standard InChI is InChI=1S/C16H13ClF3N3O4S/c1-9-13(16(18,19)20)27-15(24)23(9)14-12(6-3-7-21-14)22-28(25,26)11-5-2-4-10(17)8-11/h2-9,13,22H,1H3/t9-,13+/m1/s1. The van der Waals surface area contributed by atoms with Gasteiger partial charge in [0.15, 0.2) is 5.82 Å². The SMILES string of the molecule is C[C@@H]1[C@@H](C(F)(F)F)OC(=O)N1c1ncccc1NS(=O)(=O)c1cccc(Cl)c1. The minimum Gasteiger partial charge on any atom is -0.434 e. The third-order valence-corrected chi connectivity index (χ3v) is 5.56. The maximum atomic E-state index is 13.1. The van der Waals surface area contributed by atoms with Crippen LogP contribution in [0.5, 0.6) is 0 Å². The number of cyclic esters (lactones) is 1. The highest BCUT2D eigenvalue weighted by atomic mass is 35.5. The highest BCUT2D eigenvalue weighted by Crippen LogP contribution is 2.37. The van der Waals surface area contributed by atoms with Gasteiger partial charge in [0.05, 0.1) is 16.6 Å². The molecule has 0 saturated carbocycles. The Morgan fingerprint density at radius 1 is 1.25 bits per heavy atom. The van der Waals surface area contributed by atoms with Gasteiger partial charge in [-0.25, -0.2) is 18.2 Å². The van der Waals surface area contributed by atoms with E-state index in [1.807, 2.05) is 0 Å². The van der Waals surface area contributed by atoms with Gasteiger partial charge in [-0.1, -0.05) is 17.7 Å².